The van der Waals surface area contributed by atoms with Gasteiger partial charge in [0.15, 0.2) is 0 Å². The van der Waals surface area contributed by atoms with Crippen LogP contribution in [-0.4, -0.2) is 12.8 Å². The van der Waals surface area contributed by atoms with Crippen LogP contribution in [0, 0.1) is 5.92 Å². The van der Waals surface area contributed by atoms with Gasteiger partial charge < -0.3 is 0 Å². The van der Waals surface area contributed by atoms with Crippen molar-refractivity contribution in [3.63, 3.8) is 0 Å². The number of nitrogens with zero attached hydrogens (tertiary/aromatic N) is 1. The molecule has 0 bridgehead atoms. The van der Waals surface area contributed by atoms with Gasteiger partial charge in [0.05, 0.1) is 0 Å². The molecule has 0 N–H and O–H groups in total. The van der Waals surface area contributed by atoms with Gasteiger partial charge in [0.1, 0.15) is 0 Å². The summed E-state index contributed by atoms with van der Waals surface area (Å²) < 4.78 is 0. The van der Waals surface area contributed by atoms with Gasteiger partial charge in [-0.05, 0) is 25.2 Å². The number of hydrogen-bond donors (Lipinski definition) is 0. The van der Waals surface area contributed by atoms with Gasteiger partial charge in [0, 0.05) is 12.8 Å². The highest BCUT2D eigenvalue weighted by Gasteiger charge is 2.15. The van der Waals surface area contributed by atoms with Crippen LogP contribution in [0.1, 0.15) is 26.2 Å². The molecule has 1 rings (SSSR count). The highest BCUT2D eigenvalue weighted by molar-refractivity contribution is 5.88. The predicted octanol–water partition coefficient (Wildman–Crippen LogP) is 1.88. The predicted molar refractivity (Wildman–Crippen MR) is 36.4 cm³/mol. The van der Waals surface area contributed by atoms with Gasteiger partial charge in [0.25, 0.3) is 0 Å². The van der Waals surface area contributed by atoms with Gasteiger partial charge in [-0.2, -0.15) is 0 Å². The molecule has 1 heteroatoms. The molecular weight excluding hydrogens is 98.1 g/mol. The molecular formula is C7H13N. The molecule has 0 unspecified atom stereocenters. The third-order valence-corrected chi connectivity index (χ3v) is 1.93. The van der Waals surface area contributed by atoms with E-state index in [1.165, 1.54) is 25.0 Å². The van der Waals surface area contributed by atoms with Crippen molar-refractivity contribution in [3.8, 4) is 0 Å². The first kappa shape index (κ1) is 5.80. The molecule has 0 amide bonds. The summed E-state index contributed by atoms with van der Waals surface area (Å²) in [6.07, 6.45) is 3.96. The van der Waals surface area contributed by atoms with E-state index in [-0.39, 0.29) is 0 Å². The Morgan fingerprint density at radius 1 is 1.62 bits per heavy atom. The van der Waals surface area contributed by atoms with E-state index in [4.69, 9.17) is 0 Å². The van der Waals surface area contributed by atoms with Crippen LogP contribution >= 0.6 is 0 Å². The highest BCUT2D eigenvalue weighted by Crippen LogP contribution is 2.21. The van der Waals surface area contributed by atoms with E-state index in [1.54, 1.807) is 0 Å². The van der Waals surface area contributed by atoms with Crippen molar-refractivity contribution in [2.75, 3.05) is 7.05 Å². The zero-order chi connectivity index (χ0) is 5.98. The Morgan fingerprint density at radius 2 is 2.38 bits per heavy atom. The summed E-state index contributed by atoms with van der Waals surface area (Å²) in [5.41, 5.74) is 1.42. The summed E-state index contributed by atoms with van der Waals surface area (Å²) in [6, 6.07) is 0. The molecule has 0 saturated heterocycles. The zero-order valence-electron chi connectivity index (χ0n) is 5.65. The van der Waals surface area contributed by atoms with Crippen LogP contribution in [0.5, 0.6) is 0 Å². The van der Waals surface area contributed by atoms with Crippen LogP contribution in [0.2, 0.25) is 0 Å². The van der Waals surface area contributed by atoms with Crippen LogP contribution < -0.4 is 0 Å². The van der Waals surface area contributed by atoms with E-state index >= 15 is 0 Å². The smallest absolute Gasteiger partial charge is 0.0276 e. The molecule has 0 spiro atoms. The quantitative estimate of drug-likeness (QED) is 0.452. The Bertz CT molecular complexity index is 105. The molecule has 0 aromatic carbocycles. The summed E-state index contributed by atoms with van der Waals surface area (Å²) in [4.78, 5) is 4.19. The topological polar surface area (TPSA) is 12.4 Å². The molecule has 0 radical (unpaired) electrons. The second-order valence-electron chi connectivity index (χ2n) is 2.51. The summed E-state index contributed by atoms with van der Waals surface area (Å²) in [7, 11) is 1.90. The number of aliphatic imine (C=N–C) groups is 1. The summed E-state index contributed by atoms with van der Waals surface area (Å²) in [5.74, 6) is 0.778. The Balaban J connectivity index is 2.55. The second-order valence-corrected chi connectivity index (χ2v) is 2.51. The van der Waals surface area contributed by atoms with Crippen LogP contribution in [-0.2, 0) is 0 Å². The maximum Gasteiger partial charge on any atom is 0.0276 e. The highest BCUT2D eigenvalue weighted by atomic mass is 14.7. The van der Waals surface area contributed by atoms with E-state index in [9.17, 15) is 0 Å². The molecule has 1 saturated carbocycles. The molecule has 8 heavy (non-hydrogen) atoms. The van der Waals surface area contributed by atoms with E-state index in [2.05, 4.69) is 11.9 Å². The Hall–Kier alpha value is -0.330. The minimum Gasteiger partial charge on any atom is -0.297 e. The monoisotopic (exact) mass is 111 g/mol. The van der Waals surface area contributed by atoms with Gasteiger partial charge in [0.2, 0.25) is 0 Å². The lowest BCUT2D eigenvalue weighted by atomic mass is 10.1. The molecule has 0 aromatic rings. The van der Waals surface area contributed by atoms with Crippen LogP contribution in [0.25, 0.3) is 0 Å². The Morgan fingerprint density at radius 3 is 2.62 bits per heavy atom. The van der Waals surface area contributed by atoms with E-state index in [0.29, 0.717) is 0 Å². The van der Waals surface area contributed by atoms with Crippen molar-refractivity contribution in [1.29, 1.82) is 0 Å². The normalized spacial score (nSPS) is 34.2. The maximum absolute atomic E-state index is 4.19. The van der Waals surface area contributed by atoms with Gasteiger partial charge >= 0.3 is 0 Å². The van der Waals surface area contributed by atoms with E-state index in [0.717, 1.165) is 5.92 Å². The average molecular weight is 111 g/mol. The van der Waals surface area contributed by atoms with Crippen LogP contribution in [0.4, 0.5) is 0 Å². The van der Waals surface area contributed by atoms with E-state index < -0.39 is 0 Å². The van der Waals surface area contributed by atoms with Gasteiger partial charge in [-0.3, -0.25) is 4.99 Å². The molecule has 1 nitrogen and oxygen atoms in total. The third kappa shape index (κ3) is 0.908. The summed E-state index contributed by atoms with van der Waals surface area (Å²) >= 11 is 0. The SMILES string of the molecule is CN=C1CCC[C@H]1C. The summed E-state index contributed by atoms with van der Waals surface area (Å²) in [5, 5.41) is 0. The lowest BCUT2D eigenvalue weighted by Crippen LogP contribution is -2.00. The maximum atomic E-state index is 4.19. The molecule has 1 fully saturated rings. The fourth-order valence-electron chi connectivity index (χ4n) is 1.33. The fraction of sp³-hybridized carbons (Fsp3) is 0.857. The van der Waals surface area contributed by atoms with Gasteiger partial charge in [-0.1, -0.05) is 6.92 Å². The van der Waals surface area contributed by atoms with E-state index in [1.807, 2.05) is 7.05 Å². The van der Waals surface area contributed by atoms with Crippen molar-refractivity contribution in [2.24, 2.45) is 10.9 Å². The third-order valence-electron chi connectivity index (χ3n) is 1.93. The first-order valence-corrected chi connectivity index (χ1v) is 3.30. The number of rotatable bonds is 0. The first-order valence-electron chi connectivity index (χ1n) is 3.30. The van der Waals surface area contributed by atoms with Crippen molar-refractivity contribution in [3.05, 3.63) is 0 Å². The largest absolute Gasteiger partial charge is 0.297 e. The molecule has 0 aliphatic heterocycles. The zero-order valence-corrected chi connectivity index (χ0v) is 5.65. The minimum absolute atomic E-state index is 0.778. The fourth-order valence-corrected chi connectivity index (χ4v) is 1.33. The van der Waals surface area contributed by atoms with Gasteiger partial charge in [-0.15, -0.1) is 0 Å². The molecule has 46 valence electrons. The first-order chi connectivity index (χ1) is 3.84. The van der Waals surface area contributed by atoms with Crippen LogP contribution in [0.3, 0.4) is 0 Å². The average Bonchev–Trinajstić information content (AvgIpc) is 2.14. The van der Waals surface area contributed by atoms with Crippen molar-refractivity contribution >= 4 is 5.71 Å². The van der Waals surface area contributed by atoms with Gasteiger partial charge in [-0.25, -0.2) is 0 Å². The van der Waals surface area contributed by atoms with Crippen molar-refractivity contribution in [1.82, 2.24) is 0 Å². The van der Waals surface area contributed by atoms with Crippen LogP contribution in [0.15, 0.2) is 4.99 Å². The molecule has 1 atom stereocenters. The van der Waals surface area contributed by atoms with Crippen molar-refractivity contribution < 1.29 is 0 Å². The Labute approximate surface area is 50.8 Å². The molecule has 1 aliphatic rings. The lowest BCUT2D eigenvalue weighted by molar-refractivity contribution is 0.727. The second kappa shape index (κ2) is 2.29. The Kier molecular flexibility index (Phi) is 1.66. The molecule has 0 heterocycles. The summed E-state index contributed by atoms with van der Waals surface area (Å²) in [6.45, 7) is 2.26. The lowest BCUT2D eigenvalue weighted by Gasteiger charge is -1.98. The molecule has 1 aliphatic carbocycles. The minimum atomic E-state index is 0.778. The number of hydrogen-bond acceptors (Lipinski definition) is 1. The van der Waals surface area contributed by atoms with Crippen molar-refractivity contribution in [2.45, 2.75) is 26.2 Å². The standard InChI is InChI=1S/C7H13N/c1-6-4-3-5-7(6)8-2/h6H,3-5H2,1-2H3/t6-/m1/s1. The molecule has 0 aromatic heterocycles.